The fraction of sp³-hybridized carbons (Fsp3) is 0.754. The zero-order chi connectivity index (χ0) is 50.8. The Balaban J connectivity index is 2.25. The Labute approximate surface area is 429 Å². The van der Waals surface area contributed by atoms with E-state index in [2.05, 4.69) is 92.1 Å². The number of amides is 1. The molecule has 0 saturated carbocycles. The fourth-order valence-corrected chi connectivity index (χ4v) is 8.69. The van der Waals surface area contributed by atoms with Gasteiger partial charge in [-0.15, -0.1) is 0 Å². The van der Waals surface area contributed by atoms with E-state index in [0.717, 1.165) is 89.9 Å². The van der Waals surface area contributed by atoms with Crippen molar-refractivity contribution in [2.24, 2.45) is 0 Å². The molecule has 1 saturated heterocycles. The van der Waals surface area contributed by atoms with E-state index in [9.17, 15) is 30.3 Å². The summed E-state index contributed by atoms with van der Waals surface area (Å²) in [5.74, 6) is -0.187. The third-order valence-corrected chi connectivity index (χ3v) is 13.2. The lowest BCUT2D eigenvalue weighted by Crippen LogP contribution is -2.60. The van der Waals surface area contributed by atoms with Gasteiger partial charge in [-0.2, -0.15) is 0 Å². The minimum atomic E-state index is -1.57. The molecule has 7 unspecified atom stereocenters. The molecule has 1 amide bonds. The molecular weight excluding hydrogens is 875 g/mol. The van der Waals surface area contributed by atoms with Crippen molar-refractivity contribution in [3.05, 3.63) is 85.1 Å². The molecule has 9 heteroatoms. The largest absolute Gasteiger partial charge is 0.394 e. The molecule has 0 aromatic heterocycles. The zero-order valence-corrected chi connectivity index (χ0v) is 44.7. The van der Waals surface area contributed by atoms with Crippen LogP contribution in [0.5, 0.6) is 0 Å². The lowest BCUT2D eigenvalue weighted by atomic mass is 9.99. The highest BCUT2D eigenvalue weighted by atomic mass is 16.7. The van der Waals surface area contributed by atoms with Crippen LogP contribution in [0, 0.1) is 0 Å². The Morgan fingerprint density at radius 1 is 0.500 bits per heavy atom. The van der Waals surface area contributed by atoms with Crippen molar-refractivity contribution in [1.29, 1.82) is 0 Å². The Kier molecular flexibility index (Phi) is 46.6. The van der Waals surface area contributed by atoms with Gasteiger partial charge in [0, 0.05) is 6.42 Å². The molecule has 7 atom stereocenters. The van der Waals surface area contributed by atoms with Crippen LogP contribution in [0.1, 0.15) is 239 Å². The van der Waals surface area contributed by atoms with E-state index >= 15 is 0 Å². The van der Waals surface area contributed by atoms with Gasteiger partial charge in [0.25, 0.3) is 0 Å². The number of aliphatic hydroxyl groups is 5. The van der Waals surface area contributed by atoms with Crippen LogP contribution in [0.4, 0.5) is 0 Å². The molecule has 0 aliphatic carbocycles. The third-order valence-electron chi connectivity index (χ3n) is 13.2. The maximum absolute atomic E-state index is 13.1. The highest BCUT2D eigenvalue weighted by molar-refractivity contribution is 5.76. The Morgan fingerprint density at radius 3 is 1.31 bits per heavy atom. The minimum Gasteiger partial charge on any atom is -0.394 e. The van der Waals surface area contributed by atoms with Gasteiger partial charge >= 0.3 is 0 Å². The normalized spacial score (nSPS) is 20.0. The number of carbonyl (C=O) groups excluding carboxylic acids is 1. The average molecular weight is 983 g/mol. The SMILES string of the molecule is CC/C=C\C/C=C\C/C=C\C/C=C\C/C=C\C/C=C\CCCCCCCCCCC(=O)NC(COC1OC(CO)C(O)C(O)C1O)C(O)/C=C/CCCCCCCCCCCCCCCCCCCC. The zero-order valence-electron chi connectivity index (χ0n) is 44.7. The molecule has 9 nitrogen and oxygen atoms in total. The van der Waals surface area contributed by atoms with E-state index in [1.165, 1.54) is 128 Å². The monoisotopic (exact) mass is 982 g/mol. The molecule has 1 heterocycles. The van der Waals surface area contributed by atoms with Crippen molar-refractivity contribution in [1.82, 2.24) is 5.32 Å². The number of nitrogens with one attached hydrogen (secondary N) is 1. The van der Waals surface area contributed by atoms with Gasteiger partial charge in [0.2, 0.25) is 5.91 Å². The van der Waals surface area contributed by atoms with Crippen molar-refractivity contribution in [2.45, 2.75) is 281 Å². The lowest BCUT2D eigenvalue weighted by Gasteiger charge is -2.40. The van der Waals surface area contributed by atoms with Gasteiger partial charge in [-0.25, -0.2) is 0 Å². The number of unbranched alkanes of at least 4 members (excludes halogenated alkanes) is 26. The van der Waals surface area contributed by atoms with E-state index in [-0.39, 0.29) is 12.5 Å². The molecule has 1 aliphatic heterocycles. The number of carbonyl (C=O) groups is 1. The Hall–Kier alpha value is -2.63. The summed E-state index contributed by atoms with van der Waals surface area (Å²) >= 11 is 0. The summed E-state index contributed by atoms with van der Waals surface area (Å²) in [5, 5.41) is 54.5. The maximum atomic E-state index is 13.1. The number of aliphatic hydroxyl groups excluding tert-OH is 5. The Bertz CT molecular complexity index is 1370. The van der Waals surface area contributed by atoms with Gasteiger partial charge < -0.3 is 40.3 Å². The van der Waals surface area contributed by atoms with Gasteiger partial charge in [0.15, 0.2) is 6.29 Å². The average Bonchev–Trinajstić information content (AvgIpc) is 3.36. The second-order valence-electron chi connectivity index (χ2n) is 19.7. The second kappa shape index (κ2) is 49.9. The van der Waals surface area contributed by atoms with Gasteiger partial charge in [-0.05, 0) is 70.6 Å². The van der Waals surface area contributed by atoms with Crippen LogP contribution < -0.4 is 5.32 Å². The number of hydrogen-bond donors (Lipinski definition) is 6. The summed E-state index contributed by atoms with van der Waals surface area (Å²) in [6.45, 7) is 3.67. The van der Waals surface area contributed by atoms with Crippen molar-refractivity contribution in [2.75, 3.05) is 13.2 Å². The topological polar surface area (TPSA) is 149 Å². The van der Waals surface area contributed by atoms with Crippen LogP contribution in [-0.4, -0.2) is 87.5 Å². The number of hydrogen-bond acceptors (Lipinski definition) is 8. The van der Waals surface area contributed by atoms with Crippen LogP contribution >= 0.6 is 0 Å². The quantitative estimate of drug-likeness (QED) is 0.0261. The summed E-state index contributed by atoms with van der Waals surface area (Å²) in [4.78, 5) is 13.1. The number of rotatable bonds is 48. The van der Waals surface area contributed by atoms with Crippen LogP contribution in [0.3, 0.4) is 0 Å². The van der Waals surface area contributed by atoms with Gasteiger partial charge in [-0.1, -0.05) is 247 Å². The van der Waals surface area contributed by atoms with Gasteiger partial charge in [0.05, 0.1) is 25.4 Å². The van der Waals surface area contributed by atoms with E-state index < -0.39 is 49.5 Å². The maximum Gasteiger partial charge on any atom is 0.220 e. The predicted molar refractivity (Wildman–Crippen MR) is 295 cm³/mol. The molecule has 0 radical (unpaired) electrons. The van der Waals surface area contributed by atoms with E-state index in [0.29, 0.717) is 6.42 Å². The molecular formula is C61H107NO8. The highest BCUT2D eigenvalue weighted by Crippen LogP contribution is 2.23. The van der Waals surface area contributed by atoms with Crippen molar-refractivity contribution < 1.29 is 39.8 Å². The van der Waals surface area contributed by atoms with Crippen LogP contribution in [0.2, 0.25) is 0 Å². The van der Waals surface area contributed by atoms with Crippen LogP contribution in [-0.2, 0) is 14.3 Å². The molecule has 0 aromatic rings. The van der Waals surface area contributed by atoms with Gasteiger partial charge in [-0.3, -0.25) is 4.79 Å². The highest BCUT2D eigenvalue weighted by Gasteiger charge is 2.44. The number of allylic oxidation sites excluding steroid dienone is 13. The first-order valence-electron chi connectivity index (χ1n) is 28.8. The number of ether oxygens (including phenoxy) is 2. The molecule has 0 aromatic carbocycles. The van der Waals surface area contributed by atoms with E-state index in [4.69, 9.17) is 9.47 Å². The molecule has 1 rings (SSSR count). The third kappa shape index (κ3) is 39.0. The van der Waals surface area contributed by atoms with Crippen LogP contribution in [0.15, 0.2) is 85.1 Å². The van der Waals surface area contributed by atoms with E-state index in [1.807, 2.05) is 6.08 Å². The fourth-order valence-electron chi connectivity index (χ4n) is 8.69. The summed E-state index contributed by atoms with van der Waals surface area (Å²) in [6, 6.07) is -0.815. The van der Waals surface area contributed by atoms with Crippen LogP contribution in [0.25, 0.3) is 0 Å². The Morgan fingerprint density at radius 2 is 0.886 bits per heavy atom. The van der Waals surface area contributed by atoms with Crippen molar-refractivity contribution >= 4 is 5.91 Å². The summed E-state index contributed by atoms with van der Waals surface area (Å²) in [6.07, 6.45) is 63.5. The van der Waals surface area contributed by atoms with Gasteiger partial charge in [0.1, 0.15) is 24.4 Å². The summed E-state index contributed by atoms with van der Waals surface area (Å²) < 4.78 is 11.3. The second-order valence-corrected chi connectivity index (χ2v) is 19.7. The minimum absolute atomic E-state index is 0.187. The standard InChI is InChI=1S/C61H107NO8/c1-3-5-7-9-11-13-15-17-19-21-23-25-26-27-28-29-30-31-33-35-37-39-41-43-45-47-49-51-57(65)62-54(53-69-61-60(68)59(67)58(66)56(52-63)70-61)55(64)50-48-46-44-42-40-38-36-34-32-24-22-20-18-16-14-12-10-8-6-4-2/h5,7,11,13,17,19,23,25,27-28,30-31,48,50,54-56,58-61,63-64,66-68H,3-4,6,8-10,12,14-16,18,20-22,24,26,29,32-47,49,51-53H2,1-2H3,(H,62,65)/b7-5-,13-11-,19-17-,25-23-,28-27-,31-30-,50-48+. The van der Waals surface area contributed by atoms with E-state index in [1.54, 1.807) is 6.08 Å². The first-order chi connectivity index (χ1) is 34.3. The smallest absolute Gasteiger partial charge is 0.220 e. The first-order valence-corrected chi connectivity index (χ1v) is 28.8. The molecule has 404 valence electrons. The molecule has 1 fully saturated rings. The van der Waals surface area contributed by atoms with Crippen molar-refractivity contribution in [3.63, 3.8) is 0 Å². The molecule has 70 heavy (non-hydrogen) atoms. The summed E-state index contributed by atoms with van der Waals surface area (Å²) in [5.41, 5.74) is 0. The predicted octanol–water partition coefficient (Wildman–Crippen LogP) is 14.2. The van der Waals surface area contributed by atoms with Crippen molar-refractivity contribution in [3.8, 4) is 0 Å². The lowest BCUT2D eigenvalue weighted by molar-refractivity contribution is -0.302. The first kappa shape index (κ1) is 65.4. The molecule has 6 N–H and O–H groups in total. The molecule has 1 aliphatic rings. The molecule has 0 spiro atoms. The molecule has 0 bridgehead atoms. The summed E-state index contributed by atoms with van der Waals surface area (Å²) in [7, 11) is 0.